The molecule has 2 N–H and O–H groups in total. The molecular weight excluding hydrogens is 406 g/mol. The molecule has 3 rings (SSSR count). The van der Waals surface area contributed by atoms with Crippen LogP contribution in [0.4, 0.5) is 0 Å². The molecular formula is C20H23N5O6. The molecule has 31 heavy (non-hydrogen) atoms. The van der Waals surface area contributed by atoms with E-state index in [1.165, 1.54) is 13.1 Å². The maximum absolute atomic E-state index is 12.5. The number of benzene rings is 1. The summed E-state index contributed by atoms with van der Waals surface area (Å²) in [4.78, 5) is 41.0. The van der Waals surface area contributed by atoms with Gasteiger partial charge < -0.3 is 14.6 Å². The maximum Gasteiger partial charge on any atom is 0.330 e. The Bertz CT molecular complexity index is 1110. The predicted octanol–water partition coefficient (Wildman–Crippen LogP) is 2.26. The molecule has 0 saturated carbocycles. The summed E-state index contributed by atoms with van der Waals surface area (Å²) in [6.07, 6.45) is -1.00. The fraction of sp³-hybridized carbons (Fsp3) is 0.450. The normalized spacial score (nSPS) is 25.2. The SMILES string of the molecule is CC[C@@]1(CC(=O)O)O[C@@H](n2cc(C)c(=O)[nH]c2=O)[C@@H](N=[N+]=[N-])C1OCc1ccccc1. The topological polar surface area (TPSA) is 159 Å². The molecule has 0 spiro atoms. The van der Waals surface area contributed by atoms with Crippen molar-refractivity contribution in [2.75, 3.05) is 0 Å². The zero-order valence-electron chi connectivity index (χ0n) is 17.1. The summed E-state index contributed by atoms with van der Waals surface area (Å²) in [7, 11) is 0. The minimum atomic E-state index is -1.35. The van der Waals surface area contributed by atoms with Crippen molar-refractivity contribution in [2.45, 2.75) is 57.3 Å². The number of aromatic nitrogens is 2. The Morgan fingerprint density at radius 2 is 2.10 bits per heavy atom. The van der Waals surface area contributed by atoms with Crippen molar-refractivity contribution in [1.29, 1.82) is 0 Å². The Morgan fingerprint density at radius 3 is 2.71 bits per heavy atom. The van der Waals surface area contributed by atoms with Crippen LogP contribution in [0.2, 0.25) is 0 Å². The fourth-order valence-corrected chi connectivity index (χ4v) is 3.83. The van der Waals surface area contributed by atoms with Crippen LogP contribution in [0, 0.1) is 6.92 Å². The average molecular weight is 429 g/mol. The quantitative estimate of drug-likeness (QED) is 0.372. The number of aryl methyl sites for hydroxylation is 1. The number of H-pyrrole nitrogens is 1. The van der Waals surface area contributed by atoms with Crippen LogP contribution in [0.3, 0.4) is 0 Å². The van der Waals surface area contributed by atoms with E-state index in [9.17, 15) is 25.0 Å². The highest BCUT2D eigenvalue weighted by molar-refractivity contribution is 5.68. The number of aliphatic carboxylic acids is 1. The number of carbonyl (C=O) groups is 1. The first-order valence-corrected chi connectivity index (χ1v) is 9.72. The highest BCUT2D eigenvalue weighted by Crippen LogP contribution is 2.44. The van der Waals surface area contributed by atoms with Gasteiger partial charge in [0, 0.05) is 16.7 Å². The molecule has 4 atom stereocenters. The molecule has 1 aliphatic rings. The van der Waals surface area contributed by atoms with Gasteiger partial charge in [-0.05, 0) is 24.4 Å². The standard InChI is InChI=1S/C20H23N5O6/c1-3-20(9-14(26)27)16(30-11-13-7-5-4-6-8-13)15(23-24-21)18(31-20)25-10-12(2)17(28)22-19(25)29/h4-8,10,15-16,18H,3,9,11H2,1-2H3,(H,26,27)(H,22,28,29)/t15-,16?,18+,20-/m0/s1. The van der Waals surface area contributed by atoms with E-state index in [0.29, 0.717) is 0 Å². The van der Waals surface area contributed by atoms with Crippen molar-refractivity contribution in [2.24, 2.45) is 5.11 Å². The molecule has 0 amide bonds. The van der Waals surface area contributed by atoms with Crippen molar-refractivity contribution in [1.82, 2.24) is 9.55 Å². The van der Waals surface area contributed by atoms with Crippen LogP contribution in [0.1, 0.15) is 37.1 Å². The molecule has 11 nitrogen and oxygen atoms in total. The Hall–Kier alpha value is -3.40. The third-order valence-electron chi connectivity index (χ3n) is 5.40. The number of hydrogen-bond acceptors (Lipinski definition) is 6. The van der Waals surface area contributed by atoms with Gasteiger partial charge >= 0.3 is 11.7 Å². The zero-order valence-corrected chi connectivity index (χ0v) is 17.1. The van der Waals surface area contributed by atoms with Gasteiger partial charge in [-0.3, -0.25) is 19.1 Å². The van der Waals surface area contributed by atoms with Gasteiger partial charge in [0.1, 0.15) is 24.0 Å². The van der Waals surface area contributed by atoms with Gasteiger partial charge in [0.15, 0.2) is 0 Å². The molecule has 1 aromatic heterocycles. The second-order valence-corrected chi connectivity index (χ2v) is 7.39. The lowest BCUT2D eigenvalue weighted by Gasteiger charge is -2.32. The van der Waals surface area contributed by atoms with Crippen LogP contribution in [-0.4, -0.2) is 38.4 Å². The summed E-state index contributed by atoms with van der Waals surface area (Å²) in [5.41, 5.74) is 7.59. The van der Waals surface area contributed by atoms with Crippen LogP contribution in [0.5, 0.6) is 0 Å². The second-order valence-electron chi connectivity index (χ2n) is 7.39. The number of carboxylic acids is 1. The van der Waals surface area contributed by atoms with E-state index in [4.69, 9.17) is 9.47 Å². The number of nitrogens with zero attached hydrogens (tertiary/aromatic N) is 4. The molecule has 1 aliphatic heterocycles. The largest absolute Gasteiger partial charge is 0.481 e. The molecule has 2 aromatic rings. The smallest absolute Gasteiger partial charge is 0.330 e. The van der Waals surface area contributed by atoms with Gasteiger partial charge in [-0.2, -0.15) is 0 Å². The first kappa shape index (κ1) is 22.3. The molecule has 0 bridgehead atoms. The predicted molar refractivity (Wildman–Crippen MR) is 109 cm³/mol. The van der Waals surface area contributed by atoms with Crippen molar-refractivity contribution in [3.05, 3.63) is 78.9 Å². The number of carboxylic acid groups (broad SMARTS) is 1. The molecule has 1 aromatic carbocycles. The van der Waals surface area contributed by atoms with E-state index >= 15 is 0 Å². The summed E-state index contributed by atoms with van der Waals surface area (Å²) >= 11 is 0. The Kier molecular flexibility index (Phi) is 6.59. The van der Waals surface area contributed by atoms with E-state index < -0.39 is 47.6 Å². The van der Waals surface area contributed by atoms with Crippen molar-refractivity contribution in [3.8, 4) is 0 Å². The number of nitrogens with one attached hydrogen (secondary N) is 1. The Labute approximate surface area is 176 Å². The van der Waals surface area contributed by atoms with Crippen molar-refractivity contribution >= 4 is 5.97 Å². The van der Waals surface area contributed by atoms with Gasteiger partial charge in [0.25, 0.3) is 5.56 Å². The highest BCUT2D eigenvalue weighted by atomic mass is 16.6. The van der Waals surface area contributed by atoms with Crippen LogP contribution >= 0.6 is 0 Å². The zero-order chi connectivity index (χ0) is 22.6. The molecule has 1 fully saturated rings. The van der Waals surface area contributed by atoms with E-state index in [-0.39, 0.29) is 18.6 Å². The van der Waals surface area contributed by atoms with Crippen molar-refractivity contribution < 1.29 is 19.4 Å². The Balaban J connectivity index is 2.08. The van der Waals surface area contributed by atoms with Gasteiger partial charge in [-0.25, -0.2) is 4.79 Å². The lowest BCUT2D eigenvalue weighted by atomic mass is 9.88. The highest BCUT2D eigenvalue weighted by Gasteiger charge is 2.56. The summed E-state index contributed by atoms with van der Waals surface area (Å²) in [6, 6.07) is 8.17. The fourth-order valence-electron chi connectivity index (χ4n) is 3.83. The van der Waals surface area contributed by atoms with Gasteiger partial charge in [-0.1, -0.05) is 42.4 Å². The number of aromatic amines is 1. The number of ether oxygens (including phenoxy) is 2. The van der Waals surface area contributed by atoms with Crippen LogP contribution in [0.25, 0.3) is 10.4 Å². The number of azide groups is 1. The van der Waals surface area contributed by atoms with E-state index in [1.807, 2.05) is 30.3 Å². The summed E-state index contributed by atoms with van der Waals surface area (Å²) in [6.45, 7) is 3.37. The van der Waals surface area contributed by atoms with E-state index in [2.05, 4.69) is 15.0 Å². The molecule has 0 aliphatic carbocycles. The second kappa shape index (κ2) is 9.17. The number of hydrogen-bond donors (Lipinski definition) is 2. The minimum Gasteiger partial charge on any atom is -0.481 e. The maximum atomic E-state index is 12.5. The molecule has 0 radical (unpaired) electrons. The summed E-state index contributed by atoms with van der Waals surface area (Å²) < 4.78 is 13.3. The van der Waals surface area contributed by atoms with E-state index in [0.717, 1.165) is 10.1 Å². The number of rotatable bonds is 8. The monoisotopic (exact) mass is 429 g/mol. The summed E-state index contributed by atoms with van der Waals surface area (Å²) in [5.74, 6) is -1.12. The first-order valence-electron chi connectivity index (χ1n) is 9.72. The van der Waals surface area contributed by atoms with Crippen LogP contribution in [0.15, 0.2) is 51.2 Å². The minimum absolute atomic E-state index is 0.125. The molecule has 164 valence electrons. The Morgan fingerprint density at radius 1 is 1.39 bits per heavy atom. The van der Waals surface area contributed by atoms with Crippen LogP contribution < -0.4 is 11.2 Å². The first-order chi connectivity index (χ1) is 14.8. The summed E-state index contributed by atoms with van der Waals surface area (Å²) in [5, 5.41) is 13.3. The van der Waals surface area contributed by atoms with Gasteiger partial charge in [0.2, 0.25) is 0 Å². The molecule has 1 unspecified atom stereocenters. The van der Waals surface area contributed by atoms with Gasteiger partial charge in [0.05, 0.1) is 13.0 Å². The lowest BCUT2D eigenvalue weighted by Crippen LogP contribution is -2.45. The van der Waals surface area contributed by atoms with Crippen molar-refractivity contribution in [3.63, 3.8) is 0 Å². The third-order valence-corrected chi connectivity index (χ3v) is 5.40. The van der Waals surface area contributed by atoms with Gasteiger partial charge in [-0.15, -0.1) is 0 Å². The third kappa shape index (κ3) is 4.53. The average Bonchev–Trinajstić information content (AvgIpc) is 3.03. The lowest BCUT2D eigenvalue weighted by molar-refractivity contribution is -0.159. The van der Waals surface area contributed by atoms with Crippen LogP contribution in [-0.2, 0) is 20.9 Å². The van der Waals surface area contributed by atoms with E-state index in [1.54, 1.807) is 6.92 Å². The molecule has 1 saturated heterocycles. The molecule has 2 heterocycles. The molecule has 11 heteroatoms.